The fraction of sp³-hybridized carbons (Fsp3) is 0.333. The lowest BCUT2D eigenvalue weighted by molar-refractivity contribution is -0.384. The van der Waals surface area contributed by atoms with Crippen molar-refractivity contribution in [2.75, 3.05) is 26.4 Å². The molecule has 33 heavy (non-hydrogen) atoms. The first-order valence-electron chi connectivity index (χ1n) is 10.6. The summed E-state index contributed by atoms with van der Waals surface area (Å²) >= 11 is 0. The van der Waals surface area contributed by atoms with Gasteiger partial charge in [0.2, 0.25) is 0 Å². The lowest BCUT2D eigenvalue weighted by Crippen LogP contribution is -2.33. The Morgan fingerprint density at radius 1 is 1.15 bits per heavy atom. The van der Waals surface area contributed by atoms with Gasteiger partial charge >= 0.3 is 0 Å². The first kappa shape index (κ1) is 24.1. The summed E-state index contributed by atoms with van der Waals surface area (Å²) in [5, 5.41) is 31.1. The van der Waals surface area contributed by atoms with E-state index in [-0.39, 0.29) is 49.1 Å². The van der Waals surface area contributed by atoms with E-state index >= 15 is 0 Å². The Morgan fingerprint density at radius 2 is 1.85 bits per heavy atom. The molecule has 1 fully saturated rings. The number of rotatable bonds is 9. The number of carbonyl (C=O) groups excluding carboxylic acids is 2. The van der Waals surface area contributed by atoms with E-state index in [1.807, 2.05) is 26.0 Å². The Hall–Kier alpha value is -3.56. The number of nitrogens with zero attached hydrogens (tertiary/aromatic N) is 2. The number of nitro benzene ring substituents is 1. The third-order valence-corrected chi connectivity index (χ3v) is 5.50. The zero-order valence-corrected chi connectivity index (χ0v) is 18.4. The molecule has 3 rings (SSSR count). The van der Waals surface area contributed by atoms with Crippen LogP contribution in [0.25, 0.3) is 5.76 Å². The van der Waals surface area contributed by atoms with Crippen molar-refractivity contribution in [2.45, 2.75) is 25.8 Å². The van der Waals surface area contributed by atoms with Gasteiger partial charge in [0, 0.05) is 24.2 Å². The van der Waals surface area contributed by atoms with Crippen molar-refractivity contribution in [3.63, 3.8) is 0 Å². The average molecular weight is 454 g/mol. The van der Waals surface area contributed by atoms with Crippen molar-refractivity contribution in [3.8, 4) is 0 Å². The molecule has 0 aromatic heterocycles. The van der Waals surface area contributed by atoms with Gasteiger partial charge < -0.3 is 19.8 Å². The van der Waals surface area contributed by atoms with E-state index in [0.29, 0.717) is 5.56 Å². The predicted octanol–water partition coefficient (Wildman–Crippen LogP) is 3.15. The Labute approximate surface area is 191 Å². The summed E-state index contributed by atoms with van der Waals surface area (Å²) in [4.78, 5) is 37.7. The number of amides is 1. The van der Waals surface area contributed by atoms with E-state index in [2.05, 4.69) is 0 Å². The molecule has 0 bridgehead atoms. The number of Topliss-reactive ketones (excluding diaryl/α,β-unsaturated/α-hetero) is 1. The van der Waals surface area contributed by atoms with Gasteiger partial charge in [-0.2, -0.15) is 0 Å². The highest BCUT2D eigenvalue weighted by Gasteiger charge is 2.46. The maximum atomic E-state index is 13.0. The van der Waals surface area contributed by atoms with Gasteiger partial charge in [-0.3, -0.25) is 19.7 Å². The highest BCUT2D eigenvalue weighted by Crippen LogP contribution is 2.39. The van der Waals surface area contributed by atoms with Gasteiger partial charge in [-0.15, -0.1) is 0 Å². The second kappa shape index (κ2) is 10.4. The molecule has 2 aromatic rings. The molecule has 1 amide bonds. The summed E-state index contributed by atoms with van der Waals surface area (Å²) < 4.78 is 5.28. The number of benzene rings is 2. The molecule has 0 aliphatic carbocycles. The van der Waals surface area contributed by atoms with Gasteiger partial charge in [-0.1, -0.05) is 50.2 Å². The molecule has 9 nitrogen and oxygen atoms in total. The quantitative estimate of drug-likeness (QED) is 0.149. The third kappa shape index (κ3) is 5.10. The summed E-state index contributed by atoms with van der Waals surface area (Å²) in [7, 11) is 0. The van der Waals surface area contributed by atoms with Crippen LogP contribution >= 0.6 is 0 Å². The Morgan fingerprint density at radius 3 is 2.45 bits per heavy atom. The first-order chi connectivity index (χ1) is 15.8. The second-order valence-electron chi connectivity index (χ2n) is 7.96. The van der Waals surface area contributed by atoms with Crippen LogP contribution in [0.1, 0.15) is 42.5 Å². The summed E-state index contributed by atoms with van der Waals surface area (Å²) in [6.07, 6.45) is 0. The summed E-state index contributed by atoms with van der Waals surface area (Å²) in [5.74, 6) is -1.87. The number of ether oxygens (including phenoxy) is 1. The number of likely N-dealkylation sites (tertiary alicyclic amines) is 1. The van der Waals surface area contributed by atoms with E-state index in [1.54, 1.807) is 12.1 Å². The maximum absolute atomic E-state index is 13.0. The van der Waals surface area contributed by atoms with Crippen LogP contribution in [0, 0.1) is 10.1 Å². The SMILES string of the molecule is CC(C)c1ccc(C2C(=C(O)c3cccc([N+](=O)[O-])c3)C(=O)C(=O)N2CCOCCO)cc1. The molecule has 1 aliphatic heterocycles. The number of non-ortho nitro benzene ring substituents is 1. The number of hydrogen-bond acceptors (Lipinski definition) is 7. The summed E-state index contributed by atoms with van der Waals surface area (Å²) in [5.41, 5.74) is 1.37. The van der Waals surface area contributed by atoms with Gasteiger partial charge in [0.05, 0.1) is 36.4 Å². The monoisotopic (exact) mass is 454 g/mol. The zero-order chi connectivity index (χ0) is 24.1. The topological polar surface area (TPSA) is 130 Å². The largest absolute Gasteiger partial charge is 0.507 e. The molecule has 1 aliphatic rings. The molecule has 0 radical (unpaired) electrons. The molecular weight excluding hydrogens is 428 g/mol. The van der Waals surface area contributed by atoms with Crippen LogP contribution in [0.4, 0.5) is 5.69 Å². The van der Waals surface area contributed by atoms with Crippen LogP contribution in [-0.4, -0.2) is 58.1 Å². The molecule has 1 unspecified atom stereocenters. The number of ketones is 1. The minimum atomic E-state index is -0.886. The van der Waals surface area contributed by atoms with E-state index in [9.17, 15) is 24.8 Å². The second-order valence-corrected chi connectivity index (χ2v) is 7.96. The molecule has 1 atom stereocenters. The van der Waals surface area contributed by atoms with Crippen LogP contribution in [0.3, 0.4) is 0 Å². The molecule has 1 saturated heterocycles. The van der Waals surface area contributed by atoms with Crippen LogP contribution in [-0.2, 0) is 14.3 Å². The number of aliphatic hydroxyl groups is 2. The number of hydrogen-bond donors (Lipinski definition) is 2. The standard InChI is InChI=1S/C24H26N2O7/c1-15(2)16-6-8-17(9-7-16)21-20(22(28)18-4-3-5-19(14-18)26(31)32)23(29)24(30)25(21)10-12-33-13-11-27/h3-9,14-15,21,27-28H,10-13H2,1-2H3. The molecule has 2 aromatic carbocycles. The van der Waals surface area contributed by atoms with Crippen molar-refractivity contribution in [2.24, 2.45) is 0 Å². The van der Waals surface area contributed by atoms with E-state index in [4.69, 9.17) is 9.84 Å². The molecule has 0 saturated carbocycles. The van der Waals surface area contributed by atoms with Crippen LogP contribution in [0.2, 0.25) is 0 Å². The average Bonchev–Trinajstić information content (AvgIpc) is 3.06. The van der Waals surface area contributed by atoms with Crippen molar-refractivity contribution < 1.29 is 29.5 Å². The Kier molecular flexibility index (Phi) is 7.57. The molecule has 1 heterocycles. The maximum Gasteiger partial charge on any atom is 0.295 e. The number of nitro groups is 1. The number of carbonyl (C=O) groups is 2. The highest BCUT2D eigenvalue weighted by molar-refractivity contribution is 6.46. The van der Waals surface area contributed by atoms with Crippen molar-refractivity contribution in [1.29, 1.82) is 0 Å². The van der Waals surface area contributed by atoms with Gasteiger partial charge in [-0.25, -0.2) is 0 Å². The molecular formula is C24H26N2O7. The zero-order valence-electron chi connectivity index (χ0n) is 18.4. The Balaban J connectivity index is 2.10. The lowest BCUT2D eigenvalue weighted by atomic mass is 9.93. The molecule has 2 N–H and O–H groups in total. The van der Waals surface area contributed by atoms with Crippen LogP contribution in [0.15, 0.2) is 54.1 Å². The summed E-state index contributed by atoms with van der Waals surface area (Å²) in [6.45, 7) is 4.15. The van der Waals surface area contributed by atoms with Gasteiger partial charge in [0.1, 0.15) is 5.76 Å². The smallest absolute Gasteiger partial charge is 0.295 e. The van der Waals surface area contributed by atoms with Crippen LogP contribution in [0.5, 0.6) is 0 Å². The summed E-state index contributed by atoms with van der Waals surface area (Å²) in [6, 6.07) is 11.8. The van der Waals surface area contributed by atoms with Gasteiger partial charge in [-0.05, 0) is 17.0 Å². The minimum Gasteiger partial charge on any atom is -0.507 e. The van der Waals surface area contributed by atoms with Crippen molar-refractivity contribution in [1.82, 2.24) is 4.90 Å². The lowest BCUT2D eigenvalue weighted by Gasteiger charge is -2.25. The van der Waals surface area contributed by atoms with Gasteiger partial charge in [0.15, 0.2) is 0 Å². The molecule has 9 heteroatoms. The normalized spacial score (nSPS) is 17.7. The highest BCUT2D eigenvalue weighted by atomic mass is 16.6. The Bertz CT molecular complexity index is 1080. The van der Waals surface area contributed by atoms with E-state index < -0.39 is 28.4 Å². The van der Waals surface area contributed by atoms with E-state index in [1.165, 1.54) is 23.1 Å². The first-order valence-corrected chi connectivity index (χ1v) is 10.6. The van der Waals surface area contributed by atoms with Crippen LogP contribution < -0.4 is 0 Å². The van der Waals surface area contributed by atoms with Crippen molar-refractivity contribution in [3.05, 3.63) is 80.9 Å². The number of aliphatic hydroxyl groups excluding tert-OH is 2. The fourth-order valence-electron chi connectivity index (χ4n) is 3.77. The predicted molar refractivity (Wildman–Crippen MR) is 121 cm³/mol. The minimum absolute atomic E-state index is 0.0624. The van der Waals surface area contributed by atoms with Crippen molar-refractivity contribution >= 4 is 23.1 Å². The molecule has 174 valence electrons. The fourth-order valence-corrected chi connectivity index (χ4v) is 3.77. The molecule has 0 spiro atoms. The third-order valence-electron chi connectivity index (χ3n) is 5.50. The van der Waals surface area contributed by atoms with E-state index in [0.717, 1.165) is 11.6 Å². The van der Waals surface area contributed by atoms with Gasteiger partial charge in [0.25, 0.3) is 17.4 Å².